The zero-order chi connectivity index (χ0) is 10.3. The Morgan fingerprint density at radius 3 is 2.93 bits per heavy atom. The number of aromatic carboxylic acids is 1. The van der Waals surface area contributed by atoms with Gasteiger partial charge in [0.1, 0.15) is 0 Å². The molecule has 5 heteroatoms. The van der Waals surface area contributed by atoms with Gasteiger partial charge in [0.25, 0.3) is 0 Å². The molecule has 72 valence electrons. The summed E-state index contributed by atoms with van der Waals surface area (Å²) in [4.78, 5) is 15.0. The Kier molecular flexibility index (Phi) is 2.03. The minimum atomic E-state index is -0.945. The Morgan fingerprint density at radius 2 is 2.29 bits per heavy atom. The predicted octanol–water partition coefficient (Wildman–Crippen LogP) is 2.03. The Labute approximate surface area is 88.3 Å². The molecule has 2 aromatic rings. The highest BCUT2D eigenvalue weighted by Gasteiger charge is 2.13. The van der Waals surface area contributed by atoms with Crippen LogP contribution in [0, 0.1) is 0 Å². The molecule has 4 nitrogen and oxygen atoms in total. The summed E-state index contributed by atoms with van der Waals surface area (Å²) >= 11 is 3.25. The highest BCUT2D eigenvalue weighted by Crippen LogP contribution is 2.22. The third-order valence-electron chi connectivity index (χ3n) is 2.01. The molecule has 2 rings (SSSR count). The van der Waals surface area contributed by atoms with Crippen molar-refractivity contribution in [2.75, 3.05) is 0 Å². The fraction of sp³-hybridized carbons (Fsp3) is 0.111. The number of halogens is 1. The monoisotopic (exact) mass is 254 g/mol. The molecule has 1 N–H and O–H groups in total. The van der Waals surface area contributed by atoms with Gasteiger partial charge in [-0.2, -0.15) is 0 Å². The summed E-state index contributed by atoms with van der Waals surface area (Å²) in [5.74, 6) is -0.945. The van der Waals surface area contributed by atoms with E-state index in [0.717, 1.165) is 4.47 Å². The summed E-state index contributed by atoms with van der Waals surface area (Å²) in [6.07, 6.45) is 1.60. The van der Waals surface area contributed by atoms with Crippen LogP contribution >= 0.6 is 15.9 Å². The van der Waals surface area contributed by atoms with Crippen molar-refractivity contribution in [3.8, 4) is 0 Å². The molecular formula is C9H7BrN2O2. The van der Waals surface area contributed by atoms with Gasteiger partial charge in [-0.25, -0.2) is 9.78 Å². The lowest BCUT2D eigenvalue weighted by Gasteiger charge is -2.00. The number of hydrogen-bond donors (Lipinski definition) is 1. The van der Waals surface area contributed by atoms with Crippen LogP contribution in [0.25, 0.3) is 11.0 Å². The molecule has 1 aromatic heterocycles. The summed E-state index contributed by atoms with van der Waals surface area (Å²) in [6.45, 7) is 0. The maximum Gasteiger partial charge on any atom is 0.337 e. The molecular weight excluding hydrogens is 248 g/mol. The Bertz CT molecular complexity index is 519. The first-order valence-corrected chi connectivity index (χ1v) is 4.73. The second-order valence-electron chi connectivity index (χ2n) is 2.98. The Hall–Kier alpha value is -1.36. The second-order valence-corrected chi connectivity index (χ2v) is 3.90. The lowest BCUT2D eigenvalue weighted by molar-refractivity contribution is 0.0698. The van der Waals surface area contributed by atoms with Gasteiger partial charge in [-0.05, 0) is 12.1 Å². The fourth-order valence-electron chi connectivity index (χ4n) is 1.42. The van der Waals surface area contributed by atoms with Crippen LogP contribution in [-0.2, 0) is 7.05 Å². The summed E-state index contributed by atoms with van der Waals surface area (Å²) < 4.78 is 2.42. The van der Waals surface area contributed by atoms with E-state index in [1.807, 2.05) is 0 Å². The quantitative estimate of drug-likeness (QED) is 0.848. The summed E-state index contributed by atoms with van der Waals surface area (Å²) in [5.41, 5.74) is 1.58. The minimum Gasteiger partial charge on any atom is -0.478 e. The van der Waals surface area contributed by atoms with Crippen LogP contribution in [0.1, 0.15) is 10.4 Å². The number of rotatable bonds is 1. The number of benzene rings is 1. The first-order chi connectivity index (χ1) is 6.59. The van der Waals surface area contributed by atoms with Crippen molar-refractivity contribution in [2.45, 2.75) is 0 Å². The lowest BCUT2D eigenvalue weighted by Crippen LogP contribution is -2.00. The maximum atomic E-state index is 11.0. The number of hydrogen-bond acceptors (Lipinski definition) is 2. The molecule has 0 aliphatic rings. The first kappa shape index (κ1) is 9.21. The smallest absolute Gasteiger partial charge is 0.337 e. The second kappa shape index (κ2) is 3.09. The molecule has 0 atom stereocenters. The van der Waals surface area contributed by atoms with Crippen LogP contribution in [0.2, 0.25) is 0 Å². The van der Waals surface area contributed by atoms with Gasteiger partial charge in [-0.3, -0.25) is 0 Å². The van der Waals surface area contributed by atoms with Crippen LogP contribution in [-0.4, -0.2) is 20.6 Å². The third kappa shape index (κ3) is 1.29. The first-order valence-electron chi connectivity index (χ1n) is 3.93. The zero-order valence-electron chi connectivity index (χ0n) is 7.36. The molecule has 0 saturated carbocycles. The number of carbonyl (C=O) groups is 1. The van der Waals surface area contributed by atoms with Crippen LogP contribution in [0.15, 0.2) is 22.9 Å². The highest BCUT2D eigenvalue weighted by molar-refractivity contribution is 9.10. The number of imidazole rings is 1. The van der Waals surface area contributed by atoms with E-state index in [1.54, 1.807) is 30.1 Å². The van der Waals surface area contributed by atoms with E-state index in [1.165, 1.54) is 0 Å². The highest BCUT2D eigenvalue weighted by atomic mass is 79.9. The standard InChI is InChI=1S/C9H7BrN2O2/c1-12-4-11-7-3-5(10)2-6(8(7)12)9(13)14/h2-4H,1H3,(H,13,14). The van der Waals surface area contributed by atoms with E-state index in [2.05, 4.69) is 20.9 Å². The van der Waals surface area contributed by atoms with Crippen LogP contribution in [0.4, 0.5) is 0 Å². The van der Waals surface area contributed by atoms with E-state index in [9.17, 15) is 4.79 Å². The lowest BCUT2D eigenvalue weighted by atomic mass is 10.2. The van der Waals surface area contributed by atoms with Gasteiger partial charge in [0, 0.05) is 11.5 Å². The number of fused-ring (bicyclic) bond motifs is 1. The topological polar surface area (TPSA) is 55.1 Å². The molecule has 0 amide bonds. The van der Waals surface area contributed by atoms with Gasteiger partial charge in [0.15, 0.2) is 0 Å². The van der Waals surface area contributed by atoms with E-state index in [4.69, 9.17) is 5.11 Å². The van der Waals surface area contributed by atoms with E-state index >= 15 is 0 Å². The summed E-state index contributed by atoms with van der Waals surface area (Å²) in [5, 5.41) is 8.99. The van der Waals surface area contributed by atoms with Gasteiger partial charge >= 0.3 is 5.97 Å². The number of nitrogens with zero attached hydrogens (tertiary/aromatic N) is 2. The van der Waals surface area contributed by atoms with Gasteiger partial charge < -0.3 is 9.67 Å². The van der Waals surface area contributed by atoms with E-state index in [0.29, 0.717) is 11.0 Å². The summed E-state index contributed by atoms with van der Waals surface area (Å²) in [7, 11) is 1.77. The van der Waals surface area contributed by atoms with Gasteiger partial charge in [0.2, 0.25) is 0 Å². The maximum absolute atomic E-state index is 11.0. The Balaban J connectivity index is 2.90. The van der Waals surface area contributed by atoms with Crippen molar-refractivity contribution < 1.29 is 9.90 Å². The van der Waals surface area contributed by atoms with Crippen LogP contribution < -0.4 is 0 Å². The Morgan fingerprint density at radius 1 is 1.57 bits per heavy atom. The molecule has 0 spiro atoms. The normalized spacial score (nSPS) is 10.7. The molecule has 0 unspecified atom stereocenters. The molecule has 0 aliphatic carbocycles. The van der Waals surface area contributed by atoms with Gasteiger partial charge in [-0.15, -0.1) is 0 Å². The molecule has 1 heterocycles. The number of aryl methyl sites for hydroxylation is 1. The van der Waals surface area contributed by atoms with Gasteiger partial charge in [0.05, 0.1) is 22.9 Å². The molecule has 0 saturated heterocycles. The van der Waals surface area contributed by atoms with Crippen molar-refractivity contribution in [1.82, 2.24) is 9.55 Å². The SMILES string of the molecule is Cn1cnc2cc(Br)cc(C(=O)O)c21. The van der Waals surface area contributed by atoms with Crippen molar-refractivity contribution in [1.29, 1.82) is 0 Å². The number of carboxylic acids is 1. The minimum absolute atomic E-state index is 0.259. The largest absolute Gasteiger partial charge is 0.478 e. The molecule has 0 aliphatic heterocycles. The van der Waals surface area contributed by atoms with E-state index < -0.39 is 5.97 Å². The molecule has 0 fully saturated rings. The molecule has 0 radical (unpaired) electrons. The predicted molar refractivity (Wildman–Crippen MR) is 55.4 cm³/mol. The average Bonchev–Trinajstić information content (AvgIpc) is 2.46. The van der Waals surface area contributed by atoms with Crippen molar-refractivity contribution in [3.63, 3.8) is 0 Å². The zero-order valence-corrected chi connectivity index (χ0v) is 8.95. The van der Waals surface area contributed by atoms with Crippen molar-refractivity contribution in [3.05, 3.63) is 28.5 Å². The van der Waals surface area contributed by atoms with Crippen molar-refractivity contribution in [2.24, 2.45) is 7.05 Å². The fourth-order valence-corrected chi connectivity index (χ4v) is 1.87. The average molecular weight is 255 g/mol. The van der Waals surface area contributed by atoms with Gasteiger partial charge in [-0.1, -0.05) is 15.9 Å². The third-order valence-corrected chi connectivity index (χ3v) is 2.47. The van der Waals surface area contributed by atoms with Crippen LogP contribution in [0.5, 0.6) is 0 Å². The summed E-state index contributed by atoms with van der Waals surface area (Å²) in [6, 6.07) is 3.37. The van der Waals surface area contributed by atoms with E-state index in [-0.39, 0.29) is 5.56 Å². The molecule has 0 bridgehead atoms. The molecule has 14 heavy (non-hydrogen) atoms. The van der Waals surface area contributed by atoms with Crippen LogP contribution in [0.3, 0.4) is 0 Å². The number of carboxylic acid groups (broad SMARTS) is 1. The van der Waals surface area contributed by atoms with Crippen molar-refractivity contribution >= 4 is 32.9 Å². The number of aromatic nitrogens is 2. The molecule has 1 aromatic carbocycles.